The molecule has 0 amide bonds. The lowest BCUT2D eigenvalue weighted by molar-refractivity contribution is -0.127. The van der Waals surface area contributed by atoms with Crippen LogP contribution in [-0.2, 0) is 0 Å². The minimum atomic E-state index is -4.10. The average molecular weight is 315 g/mol. The predicted molar refractivity (Wildman–Crippen MR) is 60.2 cm³/mol. The fourth-order valence-corrected chi connectivity index (χ4v) is 1.74. The second kappa shape index (κ2) is 5.71. The maximum absolute atomic E-state index is 13.0. The van der Waals surface area contributed by atoms with Crippen molar-refractivity contribution in [2.24, 2.45) is 0 Å². The second-order valence-corrected chi connectivity index (χ2v) is 4.26. The largest absolute Gasteiger partial charge is 0.494 e. The number of rotatable bonds is 5. The summed E-state index contributed by atoms with van der Waals surface area (Å²) >= 11 is 2.60. The molecule has 0 saturated heterocycles. The summed E-state index contributed by atoms with van der Waals surface area (Å²) in [6, 6.07) is 5.60. The van der Waals surface area contributed by atoms with Crippen LogP contribution >= 0.6 is 15.9 Å². The summed E-state index contributed by atoms with van der Waals surface area (Å²) in [7, 11) is 0. The Hall–Kier alpha value is -0.780. The third kappa shape index (κ3) is 3.34. The van der Waals surface area contributed by atoms with E-state index in [-0.39, 0.29) is 5.56 Å². The molecule has 0 N–H and O–H groups in total. The Balaban J connectivity index is 2.86. The van der Waals surface area contributed by atoms with E-state index in [0.29, 0.717) is 12.4 Å². The highest BCUT2D eigenvalue weighted by atomic mass is 79.9. The first-order valence-corrected chi connectivity index (χ1v) is 5.84. The first kappa shape index (κ1) is 14.3. The fraction of sp³-hybridized carbons (Fsp3) is 0.455. The van der Waals surface area contributed by atoms with Gasteiger partial charge in [-0.1, -0.05) is 28.1 Å². The molecule has 0 aliphatic rings. The van der Waals surface area contributed by atoms with Crippen LogP contribution in [0.25, 0.3) is 0 Å². The van der Waals surface area contributed by atoms with Gasteiger partial charge in [0.1, 0.15) is 10.6 Å². The zero-order valence-electron chi connectivity index (χ0n) is 8.97. The van der Waals surface area contributed by atoms with Gasteiger partial charge in [0.25, 0.3) is 0 Å². The van der Waals surface area contributed by atoms with E-state index in [9.17, 15) is 17.6 Å². The van der Waals surface area contributed by atoms with Crippen molar-refractivity contribution < 1.29 is 22.3 Å². The standard InChI is InChI=1S/C11H11BrF4O/c1-2-17-8-5-3-7(4-6-8)9(12)11(15,16)10(13)14/h3-6,9-10H,2H2,1H3. The van der Waals surface area contributed by atoms with Crippen molar-refractivity contribution in [3.63, 3.8) is 0 Å². The van der Waals surface area contributed by atoms with Crippen molar-refractivity contribution >= 4 is 15.9 Å². The van der Waals surface area contributed by atoms with E-state index < -0.39 is 17.2 Å². The molecule has 1 atom stereocenters. The Morgan fingerprint density at radius 1 is 1.24 bits per heavy atom. The number of benzene rings is 1. The summed E-state index contributed by atoms with van der Waals surface area (Å²) in [6.07, 6.45) is -3.71. The third-order valence-corrected chi connectivity index (χ3v) is 3.25. The van der Waals surface area contributed by atoms with Gasteiger partial charge in [0, 0.05) is 0 Å². The van der Waals surface area contributed by atoms with Crippen molar-refractivity contribution in [2.45, 2.75) is 24.1 Å². The zero-order valence-corrected chi connectivity index (χ0v) is 10.6. The maximum atomic E-state index is 13.0. The summed E-state index contributed by atoms with van der Waals surface area (Å²) in [6.45, 7) is 2.23. The van der Waals surface area contributed by atoms with Gasteiger partial charge in [0.15, 0.2) is 0 Å². The van der Waals surface area contributed by atoms with E-state index in [1.165, 1.54) is 24.3 Å². The van der Waals surface area contributed by atoms with Gasteiger partial charge in [-0.3, -0.25) is 0 Å². The molecule has 1 aromatic carbocycles. The molecule has 0 spiro atoms. The maximum Gasteiger partial charge on any atom is 0.323 e. The monoisotopic (exact) mass is 314 g/mol. The van der Waals surface area contributed by atoms with Crippen LogP contribution in [0.5, 0.6) is 5.75 Å². The fourth-order valence-electron chi connectivity index (χ4n) is 1.23. The molecule has 1 rings (SSSR count). The van der Waals surface area contributed by atoms with Crippen LogP contribution in [0.1, 0.15) is 17.3 Å². The number of ether oxygens (including phenoxy) is 1. The highest BCUT2D eigenvalue weighted by molar-refractivity contribution is 9.09. The Kier molecular flexibility index (Phi) is 4.80. The van der Waals surface area contributed by atoms with E-state index in [1.807, 2.05) is 0 Å². The van der Waals surface area contributed by atoms with E-state index in [2.05, 4.69) is 15.9 Å². The van der Waals surface area contributed by atoms with E-state index >= 15 is 0 Å². The van der Waals surface area contributed by atoms with Crippen molar-refractivity contribution in [1.29, 1.82) is 0 Å². The molecule has 0 bridgehead atoms. The summed E-state index contributed by atoms with van der Waals surface area (Å²) in [5.74, 6) is -3.59. The quantitative estimate of drug-likeness (QED) is 0.577. The number of hydrogen-bond acceptors (Lipinski definition) is 1. The molecule has 17 heavy (non-hydrogen) atoms. The van der Waals surface area contributed by atoms with E-state index in [0.717, 1.165) is 0 Å². The first-order chi connectivity index (χ1) is 7.89. The van der Waals surface area contributed by atoms with E-state index in [1.54, 1.807) is 6.92 Å². The number of alkyl halides is 5. The van der Waals surface area contributed by atoms with E-state index in [4.69, 9.17) is 4.74 Å². The zero-order chi connectivity index (χ0) is 13.1. The van der Waals surface area contributed by atoms with Gasteiger partial charge in [-0.2, -0.15) is 8.78 Å². The summed E-state index contributed by atoms with van der Waals surface area (Å²) in [5.41, 5.74) is 0.0822. The molecule has 0 aliphatic heterocycles. The molecule has 1 aromatic rings. The Morgan fingerprint density at radius 3 is 2.18 bits per heavy atom. The normalized spacial score (nSPS) is 13.8. The number of hydrogen-bond donors (Lipinski definition) is 0. The summed E-state index contributed by atoms with van der Waals surface area (Å²) in [5, 5.41) is 0. The van der Waals surface area contributed by atoms with Crippen LogP contribution in [0.2, 0.25) is 0 Å². The first-order valence-electron chi connectivity index (χ1n) is 4.92. The highest BCUT2D eigenvalue weighted by Crippen LogP contribution is 2.42. The molecular formula is C11H11BrF4O. The molecule has 0 heterocycles. The van der Waals surface area contributed by atoms with Crippen molar-refractivity contribution in [3.05, 3.63) is 29.8 Å². The number of halogens is 5. The minimum Gasteiger partial charge on any atom is -0.494 e. The smallest absolute Gasteiger partial charge is 0.323 e. The van der Waals surface area contributed by atoms with Crippen LogP contribution in [0.3, 0.4) is 0 Å². The topological polar surface area (TPSA) is 9.23 Å². The van der Waals surface area contributed by atoms with Crippen molar-refractivity contribution in [3.8, 4) is 5.75 Å². The lowest BCUT2D eigenvalue weighted by Gasteiger charge is -2.21. The van der Waals surface area contributed by atoms with Crippen LogP contribution < -0.4 is 4.74 Å². The average Bonchev–Trinajstić information content (AvgIpc) is 2.29. The van der Waals surface area contributed by atoms with Crippen LogP contribution in [0.4, 0.5) is 17.6 Å². The van der Waals surface area contributed by atoms with Gasteiger partial charge in [-0.25, -0.2) is 8.78 Å². The SMILES string of the molecule is CCOc1ccc(C(Br)C(F)(F)C(F)F)cc1. The van der Waals surface area contributed by atoms with Crippen molar-refractivity contribution in [1.82, 2.24) is 0 Å². The lowest BCUT2D eigenvalue weighted by atomic mass is 10.1. The Morgan fingerprint density at radius 2 is 1.76 bits per heavy atom. The minimum absolute atomic E-state index is 0.0822. The summed E-state index contributed by atoms with van der Waals surface area (Å²) in [4.78, 5) is -1.72. The van der Waals surface area contributed by atoms with Gasteiger partial charge in [-0.15, -0.1) is 0 Å². The van der Waals surface area contributed by atoms with Gasteiger partial charge in [-0.05, 0) is 24.6 Å². The van der Waals surface area contributed by atoms with Gasteiger partial charge in [0.05, 0.1) is 6.61 Å². The predicted octanol–water partition coefficient (Wildman–Crippen LogP) is 4.42. The molecule has 0 saturated carbocycles. The molecule has 1 unspecified atom stereocenters. The molecule has 96 valence electrons. The third-order valence-electron chi connectivity index (χ3n) is 2.11. The van der Waals surface area contributed by atoms with Crippen molar-refractivity contribution in [2.75, 3.05) is 6.61 Å². The Bertz CT molecular complexity index is 353. The van der Waals surface area contributed by atoms with Gasteiger partial charge >= 0.3 is 12.3 Å². The Labute approximate surface area is 105 Å². The molecule has 0 aromatic heterocycles. The highest BCUT2D eigenvalue weighted by Gasteiger charge is 2.48. The molecule has 0 aliphatic carbocycles. The molecule has 0 radical (unpaired) electrons. The lowest BCUT2D eigenvalue weighted by Crippen LogP contribution is -2.31. The van der Waals surface area contributed by atoms with Gasteiger partial charge in [0.2, 0.25) is 0 Å². The van der Waals surface area contributed by atoms with Crippen LogP contribution in [-0.4, -0.2) is 19.0 Å². The molecular weight excluding hydrogens is 304 g/mol. The van der Waals surface area contributed by atoms with Gasteiger partial charge < -0.3 is 4.74 Å². The summed E-state index contributed by atoms with van der Waals surface area (Å²) < 4.78 is 55.5. The van der Waals surface area contributed by atoms with Crippen LogP contribution in [0, 0.1) is 0 Å². The van der Waals surface area contributed by atoms with Crippen LogP contribution in [0.15, 0.2) is 24.3 Å². The second-order valence-electron chi connectivity index (χ2n) is 3.34. The molecule has 6 heteroatoms. The molecule has 1 nitrogen and oxygen atoms in total. The molecule has 0 fully saturated rings.